The molecule has 2 rings (SSSR count). The number of thiophene rings is 1. The van der Waals surface area contributed by atoms with E-state index in [1.807, 2.05) is 12.3 Å². The molecular formula is C12H20N2O2S2. The quantitative estimate of drug-likeness (QED) is 0.925. The van der Waals surface area contributed by atoms with Crippen molar-refractivity contribution in [3.8, 4) is 0 Å². The zero-order valence-electron chi connectivity index (χ0n) is 10.8. The molecule has 0 amide bonds. The van der Waals surface area contributed by atoms with E-state index in [0.29, 0.717) is 23.2 Å². The number of piperidine rings is 1. The predicted octanol–water partition coefficient (Wildman–Crippen LogP) is 2.02. The van der Waals surface area contributed by atoms with Gasteiger partial charge < -0.3 is 5.73 Å². The van der Waals surface area contributed by atoms with Crippen molar-refractivity contribution in [3.63, 3.8) is 0 Å². The van der Waals surface area contributed by atoms with Gasteiger partial charge in [0.05, 0.1) is 0 Å². The van der Waals surface area contributed by atoms with Gasteiger partial charge in [0.15, 0.2) is 0 Å². The Labute approximate surface area is 113 Å². The van der Waals surface area contributed by atoms with Gasteiger partial charge >= 0.3 is 0 Å². The van der Waals surface area contributed by atoms with Crippen molar-refractivity contribution in [2.75, 3.05) is 6.54 Å². The summed E-state index contributed by atoms with van der Waals surface area (Å²) in [6.45, 7) is 5.10. The standard InChI is InChI=1S/C12H20N2O2S2/c1-9-3-4-10(2)14(7-9)18(15,16)12-5-11(6-13)8-17-12/h5,8-10H,3-4,6-7,13H2,1-2H3. The van der Waals surface area contributed by atoms with Crippen LogP contribution in [0.25, 0.3) is 0 Å². The molecule has 1 saturated heterocycles. The van der Waals surface area contributed by atoms with Crippen LogP contribution in [0.3, 0.4) is 0 Å². The van der Waals surface area contributed by atoms with Gasteiger partial charge in [-0.15, -0.1) is 11.3 Å². The van der Waals surface area contributed by atoms with Crippen LogP contribution in [0.4, 0.5) is 0 Å². The van der Waals surface area contributed by atoms with E-state index in [9.17, 15) is 8.42 Å². The molecule has 2 unspecified atom stereocenters. The van der Waals surface area contributed by atoms with Crippen LogP contribution < -0.4 is 5.73 Å². The maximum atomic E-state index is 12.6. The maximum Gasteiger partial charge on any atom is 0.252 e. The van der Waals surface area contributed by atoms with Crippen molar-refractivity contribution < 1.29 is 8.42 Å². The Balaban J connectivity index is 2.29. The Morgan fingerprint density at radius 2 is 2.17 bits per heavy atom. The number of rotatable bonds is 3. The molecular weight excluding hydrogens is 268 g/mol. The van der Waals surface area contributed by atoms with Crippen molar-refractivity contribution in [3.05, 3.63) is 17.0 Å². The monoisotopic (exact) mass is 288 g/mol. The highest BCUT2D eigenvalue weighted by Gasteiger charge is 2.34. The zero-order valence-corrected chi connectivity index (χ0v) is 12.4. The lowest BCUT2D eigenvalue weighted by Gasteiger charge is -2.35. The molecule has 2 heterocycles. The molecule has 4 nitrogen and oxygen atoms in total. The number of sulfonamides is 1. The largest absolute Gasteiger partial charge is 0.326 e. The van der Waals surface area contributed by atoms with Crippen LogP contribution in [-0.2, 0) is 16.6 Å². The highest BCUT2D eigenvalue weighted by atomic mass is 32.2. The fraction of sp³-hybridized carbons (Fsp3) is 0.667. The predicted molar refractivity (Wildman–Crippen MR) is 74.0 cm³/mol. The molecule has 2 N–H and O–H groups in total. The van der Waals surface area contributed by atoms with Crippen molar-refractivity contribution in [1.82, 2.24) is 4.31 Å². The van der Waals surface area contributed by atoms with E-state index in [2.05, 4.69) is 6.92 Å². The zero-order chi connectivity index (χ0) is 13.3. The summed E-state index contributed by atoms with van der Waals surface area (Å²) in [5.41, 5.74) is 6.42. The third kappa shape index (κ3) is 2.61. The van der Waals surface area contributed by atoms with Crippen molar-refractivity contribution in [1.29, 1.82) is 0 Å². The minimum atomic E-state index is -3.34. The number of nitrogens with zero attached hydrogens (tertiary/aromatic N) is 1. The summed E-state index contributed by atoms with van der Waals surface area (Å²) in [5.74, 6) is 0.435. The lowest BCUT2D eigenvalue weighted by Crippen LogP contribution is -2.44. The number of hydrogen-bond donors (Lipinski definition) is 1. The van der Waals surface area contributed by atoms with Crippen molar-refractivity contribution in [2.45, 2.75) is 43.5 Å². The maximum absolute atomic E-state index is 12.6. The van der Waals surface area contributed by atoms with E-state index < -0.39 is 10.0 Å². The molecule has 0 saturated carbocycles. The molecule has 1 aliphatic rings. The van der Waals surface area contributed by atoms with Gasteiger partial charge in [0.1, 0.15) is 4.21 Å². The smallest absolute Gasteiger partial charge is 0.252 e. The molecule has 1 aromatic rings. The van der Waals surface area contributed by atoms with Crippen LogP contribution in [0.15, 0.2) is 15.7 Å². The molecule has 102 valence electrons. The van der Waals surface area contributed by atoms with Gasteiger partial charge in [-0.05, 0) is 42.7 Å². The van der Waals surface area contributed by atoms with E-state index >= 15 is 0 Å². The molecule has 1 fully saturated rings. The first-order valence-electron chi connectivity index (χ1n) is 6.24. The van der Waals surface area contributed by atoms with Gasteiger partial charge in [0.2, 0.25) is 0 Å². The Bertz CT molecular complexity index is 510. The summed E-state index contributed by atoms with van der Waals surface area (Å²) in [6.07, 6.45) is 2.04. The average molecular weight is 288 g/mol. The summed E-state index contributed by atoms with van der Waals surface area (Å²) in [4.78, 5) is 0. The van der Waals surface area contributed by atoms with Crippen LogP contribution in [0.2, 0.25) is 0 Å². The Morgan fingerprint density at radius 1 is 1.44 bits per heavy atom. The van der Waals surface area contributed by atoms with Gasteiger partial charge in [-0.25, -0.2) is 8.42 Å². The molecule has 0 bridgehead atoms. The summed E-state index contributed by atoms with van der Waals surface area (Å²) in [7, 11) is -3.34. The summed E-state index contributed by atoms with van der Waals surface area (Å²) in [5, 5.41) is 1.82. The minimum Gasteiger partial charge on any atom is -0.326 e. The molecule has 2 atom stereocenters. The number of nitrogens with two attached hydrogens (primary N) is 1. The summed E-state index contributed by atoms with van der Waals surface area (Å²) < 4.78 is 27.2. The van der Waals surface area contributed by atoms with E-state index in [0.717, 1.165) is 18.4 Å². The highest BCUT2D eigenvalue weighted by molar-refractivity contribution is 7.91. The van der Waals surface area contributed by atoms with E-state index in [1.54, 1.807) is 10.4 Å². The molecule has 6 heteroatoms. The number of hydrogen-bond acceptors (Lipinski definition) is 4. The topological polar surface area (TPSA) is 63.4 Å². The third-order valence-electron chi connectivity index (χ3n) is 3.49. The first kappa shape index (κ1) is 14.0. The lowest BCUT2D eigenvalue weighted by molar-refractivity contribution is 0.218. The summed E-state index contributed by atoms with van der Waals surface area (Å²) in [6, 6.07) is 1.79. The second-order valence-corrected chi connectivity index (χ2v) is 8.11. The second-order valence-electron chi connectivity index (χ2n) is 5.08. The molecule has 1 aromatic heterocycles. The van der Waals surface area contributed by atoms with Crippen molar-refractivity contribution >= 4 is 21.4 Å². The normalized spacial score (nSPS) is 26.4. The average Bonchev–Trinajstić information content (AvgIpc) is 2.81. The SMILES string of the molecule is CC1CCC(C)N(S(=O)(=O)c2cc(CN)cs2)C1. The van der Waals surface area contributed by atoms with Gasteiger partial charge in [0.25, 0.3) is 10.0 Å². The third-order valence-corrected chi connectivity index (χ3v) is 6.93. The minimum absolute atomic E-state index is 0.0922. The molecule has 0 spiro atoms. The Hall–Kier alpha value is -0.430. The molecule has 18 heavy (non-hydrogen) atoms. The Kier molecular flexibility index (Phi) is 4.11. The summed E-state index contributed by atoms with van der Waals surface area (Å²) >= 11 is 1.27. The first-order valence-corrected chi connectivity index (χ1v) is 8.56. The highest BCUT2D eigenvalue weighted by Crippen LogP contribution is 2.30. The fourth-order valence-electron chi connectivity index (χ4n) is 2.29. The fourth-order valence-corrected chi connectivity index (χ4v) is 5.42. The molecule has 0 aromatic carbocycles. The van der Waals surface area contributed by atoms with Gasteiger partial charge in [0, 0.05) is 19.1 Å². The van der Waals surface area contributed by atoms with Crippen molar-refractivity contribution in [2.24, 2.45) is 11.7 Å². The van der Waals surface area contributed by atoms with E-state index in [1.165, 1.54) is 11.3 Å². The second kappa shape index (κ2) is 5.28. The van der Waals surface area contributed by atoms with Gasteiger partial charge in [-0.1, -0.05) is 6.92 Å². The van der Waals surface area contributed by atoms with Crippen LogP contribution in [0.1, 0.15) is 32.3 Å². The lowest BCUT2D eigenvalue weighted by atomic mass is 9.97. The van der Waals surface area contributed by atoms with E-state index in [4.69, 9.17) is 5.73 Å². The molecule has 0 radical (unpaired) electrons. The van der Waals surface area contributed by atoms with Crippen LogP contribution in [0, 0.1) is 5.92 Å². The van der Waals surface area contributed by atoms with Crippen LogP contribution in [-0.4, -0.2) is 25.3 Å². The van der Waals surface area contributed by atoms with Gasteiger partial charge in [-0.3, -0.25) is 0 Å². The van der Waals surface area contributed by atoms with E-state index in [-0.39, 0.29) is 6.04 Å². The van der Waals surface area contributed by atoms with Crippen LogP contribution in [0.5, 0.6) is 0 Å². The molecule has 1 aliphatic heterocycles. The Morgan fingerprint density at radius 3 is 2.78 bits per heavy atom. The first-order chi connectivity index (χ1) is 8.45. The van der Waals surface area contributed by atoms with Crippen LogP contribution >= 0.6 is 11.3 Å². The van der Waals surface area contributed by atoms with Gasteiger partial charge in [-0.2, -0.15) is 4.31 Å². The molecule has 0 aliphatic carbocycles.